The van der Waals surface area contributed by atoms with Gasteiger partial charge in [0.15, 0.2) is 0 Å². The summed E-state index contributed by atoms with van der Waals surface area (Å²) >= 11 is 0. The van der Waals surface area contributed by atoms with Crippen molar-refractivity contribution in [3.05, 3.63) is 30.1 Å². The lowest BCUT2D eigenvalue weighted by Gasteiger charge is -2.45. The minimum atomic E-state index is 0.419. The zero-order valence-electron chi connectivity index (χ0n) is 14.0. The first kappa shape index (κ1) is 15.9. The molecule has 0 unspecified atom stereocenters. The second-order valence-electron chi connectivity index (χ2n) is 6.78. The molecule has 122 valence electrons. The maximum atomic E-state index is 5.66. The van der Waals surface area contributed by atoms with Crippen molar-refractivity contribution in [2.24, 2.45) is 0 Å². The van der Waals surface area contributed by atoms with Crippen LogP contribution < -0.4 is 0 Å². The van der Waals surface area contributed by atoms with Gasteiger partial charge in [0.25, 0.3) is 0 Å². The highest BCUT2D eigenvalue weighted by molar-refractivity contribution is 5.05. The number of hydrogen-bond acceptors (Lipinski definition) is 4. The summed E-state index contributed by atoms with van der Waals surface area (Å²) in [4.78, 5) is 9.63. The van der Waals surface area contributed by atoms with Crippen molar-refractivity contribution in [1.82, 2.24) is 14.8 Å². The van der Waals surface area contributed by atoms with E-state index in [4.69, 9.17) is 4.74 Å². The standard InChI is InChI=1S/C18H29N3O/c1-3-22-15-17-7-8-18(20(17)2)9-12-21(13-10-18)14-16-6-4-5-11-19-16/h4-6,11,17H,3,7-10,12-15H2,1-2H3/t17-/m0/s1. The van der Waals surface area contributed by atoms with E-state index in [9.17, 15) is 0 Å². The maximum Gasteiger partial charge on any atom is 0.0621 e. The summed E-state index contributed by atoms with van der Waals surface area (Å²) in [6, 6.07) is 6.81. The summed E-state index contributed by atoms with van der Waals surface area (Å²) < 4.78 is 5.66. The van der Waals surface area contributed by atoms with Gasteiger partial charge in [-0.25, -0.2) is 0 Å². The molecule has 0 amide bonds. The first-order chi connectivity index (χ1) is 10.7. The molecule has 1 spiro atoms. The highest BCUT2D eigenvalue weighted by Crippen LogP contribution is 2.40. The molecule has 0 N–H and O–H groups in total. The number of rotatable bonds is 5. The van der Waals surface area contributed by atoms with E-state index < -0.39 is 0 Å². The van der Waals surface area contributed by atoms with Crippen molar-refractivity contribution in [2.45, 2.75) is 50.7 Å². The molecule has 0 saturated carbocycles. The molecule has 4 nitrogen and oxygen atoms in total. The number of ether oxygens (including phenoxy) is 1. The molecule has 3 heterocycles. The molecule has 2 aliphatic heterocycles. The lowest BCUT2D eigenvalue weighted by Crippen LogP contribution is -2.52. The molecule has 4 heteroatoms. The Morgan fingerprint density at radius 3 is 2.77 bits per heavy atom. The van der Waals surface area contributed by atoms with Crippen molar-refractivity contribution < 1.29 is 4.74 Å². The molecular formula is C18H29N3O. The zero-order chi connectivity index (χ0) is 15.4. The fraction of sp³-hybridized carbons (Fsp3) is 0.722. The highest BCUT2D eigenvalue weighted by Gasteiger charge is 2.45. The second kappa shape index (κ2) is 7.07. The Labute approximate surface area is 134 Å². The van der Waals surface area contributed by atoms with Crippen molar-refractivity contribution in [3.63, 3.8) is 0 Å². The topological polar surface area (TPSA) is 28.6 Å². The van der Waals surface area contributed by atoms with Crippen LogP contribution in [0.5, 0.6) is 0 Å². The molecule has 0 aromatic carbocycles. The van der Waals surface area contributed by atoms with E-state index in [0.29, 0.717) is 11.6 Å². The second-order valence-corrected chi connectivity index (χ2v) is 6.78. The van der Waals surface area contributed by atoms with E-state index in [2.05, 4.69) is 40.9 Å². The van der Waals surface area contributed by atoms with E-state index in [-0.39, 0.29) is 0 Å². The number of piperidine rings is 1. The maximum absolute atomic E-state index is 5.66. The van der Waals surface area contributed by atoms with Gasteiger partial charge >= 0.3 is 0 Å². The predicted octanol–water partition coefficient (Wildman–Crippen LogP) is 2.55. The fourth-order valence-electron chi connectivity index (χ4n) is 4.09. The lowest BCUT2D eigenvalue weighted by atomic mass is 9.85. The molecule has 22 heavy (non-hydrogen) atoms. The van der Waals surface area contributed by atoms with Crippen molar-refractivity contribution in [3.8, 4) is 0 Å². The third kappa shape index (κ3) is 3.34. The lowest BCUT2D eigenvalue weighted by molar-refractivity contribution is 0.0203. The molecular weight excluding hydrogens is 274 g/mol. The number of hydrogen-bond donors (Lipinski definition) is 0. The molecule has 3 rings (SSSR count). The van der Waals surface area contributed by atoms with Crippen LogP contribution in [0.3, 0.4) is 0 Å². The van der Waals surface area contributed by atoms with Crippen LogP contribution in [-0.4, -0.2) is 59.7 Å². The summed E-state index contributed by atoms with van der Waals surface area (Å²) in [6.45, 7) is 7.16. The van der Waals surface area contributed by atoms with Crippen LogP contribution in [0.2, 0.25) is 0 Å². The number of pyridine rings is 1. The molecule has 2 fully saturated rings. The molecule has 0 radical (unpaired) electrons. The van der Waals surface area contributed by atoms with Gasteiger partial charge in [-0.05, 0) is 51.8 Å². The molecule has 2 saturated heterocycles. The van der Waals surface area contributed by atoms with Gasteiger partial charge in [0.2, 0.25) is 0 Å². The summed E-state index contributed by atoms with van der Waals surface area (Å²) in [5.41, 5.74) is 1.61. The molecule has 2 aliphatic rings. The smallest absolute Gasteiger partial charge is 0.0621 e. The number of nitrogens with zero attached hydrogens (tertiary/aromatic N) is 3. The number of likely N-dealkylation sites (N-methyl/N-ethyl adjacent to an activating group) is 1. The van der Waals surface area contributed by atoms with Crippen LogP contribution in [0, 0.1) is 0 Å². The Kier molecular flexibility index (Phi) is 5.11. The minimum Gasteiger partial charge on any atom is -0.380 e. The van der Waals surface area contributed by atoms with Crippen LogP contribution in [0.15, 0.2) is 24.4 Å². The van der Waals surface area contributed by atoms with Crippen LogP contribution in [0.25, 0.3) is 0 Å². The van der Waals surface area contributed by atoms with Gasteiger partial charge in [0.1, 0.15) is 0 Å². The summed E-state index contributed by atoms with van der Waals surface area (Å²) in [5, 5.41) is 0. The van der Waals surface area contributed by atoms with E-state index in [1.165, 1.54) is 44.5 Å². The summed E-state index contributed by atoms with van der Waals surface area (Å²) in [5.74, 6) is 0. The Balaban J connectivity index is 1.53. The van der Waals surface area contributed by atoms with Crippen molar-refractivity contribution in [2.75, 3.05) is 33.4 Å². The third-order valence-electron chi connectivity index (χ3n) is 5.65. The van der Waals surface area contributed by atoms with Crippen LogP contribution in [-0.2, 0) is 11.3 Å². The van der Waals surface area contributed by atoms with Gasteiger partial charge in [-0.1, -0.05) is 6.07 Å². The fourth-order valence-corrected chi connectivity index (χ4v) is 4.09. The first-order valence-corrected chi connectivity index (χ1v) is 8.66. The molecule has 0 aliphatic carbocycles. The number of aromatic nitrogens is 1. The SMILES string of the molecule is CCOC[C@@H]1CCC2(CCN(Cc3ccccn3)CC2)N1C. The van der Waals surface area contributed by atoms with Gasteiger partial charge in [-0.2, -0.15) is 0 Å². The zero-order valence-corrected chi connectivity index (χ0v) is 14.0. The molecule has 1 aromatic rings. The van der Waals surface area contributed by atoms with Gasteiger partial charge in [0, 0.05) is 44.0 Å². The van der Waals surface area contributed by atoms with Crippen molar-refractivity contribution >= 4 is 0 Å². The molecule has 1 aromatic heterocycles. The Morgan fingerprint density at radius 2 is 2.09 bits per heavy atom. The van der Waals surface area contributed by atoms with Gasteiger partial charge in [-0.15, -0.1) is 0 Å². The largest absolute Gasteiger partial charge is 0.380 e. The van der Waals surface area contributed by atoms with E-state index in [1.807, 2.05) is 12.3 Å². The third-order valence-corrected chi connectivity index (χ3v) is 5.65. The predicted molar refractivity (Wildman–Crippen MR) is 88.8 cm³/mol. The minimum absolute atomic E-state index is 0.419. The Bertz CT molecular complexity index is 457. The number of likely N-dealkylation sites (tertiary alicyclic amines) is 2. The Hall–Kier alpha value is -0.970. The summed E-state index contributed by atoms with van der Waals surface area (Å²) in [7, 11) is 2.31. The quantitative estimate of drug-likeness (QED) is 0.836. The molecule has 0 bridgehead atoms. The van der Waals surface area contributed by atoms with Crippen molar-refractivity contribution in [1.29, 1.82) is 0 Å². The van der Waals surface area contributed by atoms with Crippen LogP contribution in [0.1, 0.15) is 38.3 Å². The average molecular weight is 303 g/mol. The summed E-state index contributed by atoms with van der Waals surface area (Å²) in [6.07, 6.45) is 7.07. The van der Waals surface area contributed by atoms with Gasteiger partial charge < -0.3 is 4.74 Å². The molecule has 1 atom stereocenters. The Morgan fingerprint density at radius 1 is 1.27 bits per heavy atom. The average Bonchev–Trinajstić information content (AvgIpc) is 2.85. The monoisotopic (exact) mass is 303 g/mol. The van der Waals surface area contributed by atoms with Gasteiger partial charge in [0.05, 0.1) is 12.3 Å². The normalized spacial score (nSPS) is 25.8. The van der Waals surface area contributed by atoms with Crippen LogP contribution in [0.4, 0.5) is 0 Å². The highest BCUT2D eigenvalue weighted by atomic mass is 16.5. The van der Waals surface area contributed by atoms with E-state index in [0.717, 1.165) is 19.8 Å². The van der Waals surface area contributed by atoms with Gasteiger partial charge in [-0.3, -0.25) is 14.8 Å². The van der Waals surface area contributed by atoms with E-state index in [1.54, 1.807) is 0 Å². The van der Waals surface area contributed by atoms with Crippen LogP contribution >= 0.6 is 0 Å². The van der Waals surface area contributed by atoms with E-state index >= 15 is 0 Å². The first-order valence-electron chi connectivity index (χ1n) is 8.66.